The maximum Gasteiger partial charge on any atom is 0.282 e. The van der Waals surface area contributed by atoms with Gasteiger partial charge in [-0.15, -0.1) is 0 Å². The number of halogens is 2. The van der Waals surface area contributed by atoms with Crippen molar-refractivity contribution in [2.45, 2.75) is 5.92 Å². The summed E-state index contributed by atoms with van der Waals surface area (Å²) in [7, 11) is 0. The molecule has 2 rings (SSSR count). The van der Waals surface area contributed by atoms with Crippen LogP contribution in [0.2, 0.25) is 0 Å². The van der Waals surface area contributed by atoms with Crippen LogP contribution in [0.4, 0.5) is 14.5 Å². The normalized spacial score (nSPS) is 13.9. The van der Waals surface area contributed by atoms with Crippen molar-refractivity contribution in [3.8, 4) is 11.5 Å². The second kappa shape index (κ2) is 6.68. The van der Waals surface area contributed by atoms with E-state index in [0.29, 0.717) is 30.4 Å². The van der Waals surface area contributed by atoms with E-state index >= 15 is 0 Å². The van der Waals surface area contributed by atoms with Crippen molar-refractivity contribution in [1.29, 1.82) is 0 Å². The maximum absolute atomic E-state index is 12.7. The van der Waals surface area contributed by atoms with Gasteiger partial charge >= 0.3 is 0 Å². The zero-order valence-corrected chi connectivity index (χ0v) is 11.2. The molecule has 0 aromatic heterocycles. The molecule has 6 nitrogen and oxygen atoms in total. The fourth-order valence-corrected chi connectivity index (χ4v) is 1.74. The Kier molecular flexibility index (Phi) is 4.92. The molecule has 1 aliphatic rings. The average Bonchev–Trinajstić information content (AvgIpc) is 2.47. The van der Waals surface area contributed by atoms with Crippen LogP contribution in [0.25, 0.3) is 0 Å². The summed E-state index contributed by atoms with van der Waals surface area (Å²) in [5.74, 6) is -2.59. The van der Waals surface area contributed by atoms with E-state index in [1.807, 2.05) is 0 Å². The number of nitrogens with one attached hydrogen (secondary N) is 2. The van der Waals surface area contributed by atoms with Gasteiger partial charge in [0.05, 0.1) is 13.1 Å². The minimum absolute atomic E-state index is 0.288. The van der Waals surface area contributed by atoms with Crippen LogP contribution in [0.15, 0.2) is 18.2 Å². The molecule has 0 radical (unpaired) electrons. The first-order chi connectivity index (χ1) is 10.00. The van der Waals surface area contributed by atoms with Gasteiger partial charge in [-0.3, -0.25) is 4.79 Å². The first-order valence-electron chi connectivity index (χ1n) is 6.39. The highest BCUT2D eigenvalue weighted by Gasteiger charge is 2.27. The molecule has 1 aromatic rings. The molecule has 1 heterocycles. The largest absolute Gasteiger partial charge is 0.486 e. The fourth-order valence-electron chi connectivity index (χ4n) is 1.74. The van der Waals surface area contributed by atoms with Crippen molar-refractivity contribution in [3.05, 3.63) is 18.2 Å². The van der Waals surface area contributed by atoms with Crippen LogP contribution in [-0.4, -0.2) is 49.8 Å². The van der Waals surface area contributed by atoms with E-state index in [0.717, 1.165) is 0 Å². The van der Waals surface area contributed by atoms with E-state index in [1.54, 1.807) is 18.2 Å². The van der Waals surface area contributed by atoms with Gasteiger partial charge in [-0.25, -0.2) is 8.78 Å². The second-order valence-electron chi connectivity index (χ2n) is 4.52. The summed E-state index contributed by atoms with van der Waals surface area (Å²) in [6.45, 7) is -1.41. The molecule has 21 heavy (non-hydrogen) atoms. The number of rotatable bonds is 6. The number of amides is 1. The first kappa shape index (κ1) is 15.5. The van der Waals surface area contributed by atoms with Crippen molar-refractivity contribution in [3.63, 3.8) is 0 Å². The SMILES string of the molecule is O=C(CNCC(F)(F)CO)Nc1ccc2c(c1)OCCO2. The number of hydrogen-bond acceptors (Lipinski definition) is 5. The third kappa shape index (κ3) is 4.54. The third-order valence-electron chi connectivity index (χ3n) is 2.73. The Morgan fingerprint density at radius 2 is 2.00 bits per heavy atom. The highest BCUT2D eigenvalue weighted by Crippen LogP contribution is 2.32. The highest BCUT2D eigenvalue weighted by molar-refractivity contribution is 5.92. The Labute approximate surface area is 120 Å². The molecular weight excluding hydrogens is 286 g/mol. The lowest BCUT2D eigenvalue weighted by Gasteiger charge is -2.19. The van der Waals surface area contributed by atoms with E-state index in [4.69, 9.17) is 14.6 Å². The van der Waals surface area contributed by atoms with Crippen molar-refractivity contribution >= 4 is 11.6 Å². The Bertz CT molecular complexity index is 511. The zero-order chi connectivity index (χ0) is 15.3. The lowest BCUT2D eigenvalue weighted by atomic mass is 10.2. The number of carbonyl (C=O) groups is 1. The van der Waals surface area contributed by atoms with Crippen molar-refractivity contribution in [2.24, 2.45) is 0 Å². The highest BCUT2D eigenvalue weighted by atomic mass is 19.3. The summed E-state index contributed by atoms with van der Waals surface area (Å²) in [5, 5.41) is 13.2. The summed E-state index contributed by atoms with van der Waals surface area (Å²) in [6.07, 6.45) is 0. The number of hydrogen-bond donors (Lipinski definition) is 3. The van der Waals surface area contributed by atoms with Crippen molar-refractivity contribution in [1.82, 2.24) is 5.32 Å². The number of ether oxygens (including phenoxy) is 2. The molecule has 116 valence electrons. The number of anilines is 1. The van der Waals surface area contributed by atoms with Gasteiger partial charge in [0, 0.05) is 11.8 Å². The Morgan fingerprint density at radius 3 is 2.71 bits per heavy atom. The molecule has 0 atom stereocenters. The van der Waals surface area contributed by atoms with Gasteiger partial charge in [-0.05, 0) is 12.1 Å². The molecule has 1 aliphatic heterocycles. The molecule has 3 N–H and O–H groups in total. The molecule has 0 saturated carbocycles. The van der Waals surface area contributed by atoms with Crippen molar-refractivity contribution in [2.75, 3.05) is 38.2 Å². The number of fused-ring (bicyclic) bond motifs is 1. The van der Waals surface area contributed by atoms with Gasteiger partial charge in [-0.2, -0.15) is 0 Å². The number of alkyl halides is 2. The first-order valence-corrected chi connectivity index (χ1v) is 6.39. The van der Waals surface area contributed by atoms with Crippen LogP contribution in [0.5, 0.6) is 11.5 Å². The molecule has 0 aliphatic carbocycles. The minimum Gasteiger partial charge on any atom is -0.486 e. The lowest BCUT2D eigenvalue weighted by molar-refractivity contribution is -0.115. The van der Waals surface area contributed by atoms with E-state index in [9.17, 15) is 13.6 Å². The predicted octanol–water partition coefficient (Wildman–Crippen LogP) is 0.613. The minimum atomic E-state index is -3.24. The average molecular weight is 302 g/mol. The third-order valence-corrected chi connectivity index (χ3v) is 2.73. The van der Waals surface area contributed by atoms with Gasteiger partial charge in [0.15, 0.2) is 11.5 Å². The molecule has 1 amide bonds. The number of benzene rings is 1. The summed E-state index contributed by atoms with van der Waals surface area (Å²) >= 11 is 0. The molecule has 0 spiro atoms. The Morgan fingerprint density at radius 1 is 1.29 bits per heavy atom. The molecule has 0 saturated heterocycles. The zero-order valence-electron chi connectivity index (χ0n) is 11.2. The van der Waals surface area contributed by atoms with Crippen LogP contribution < -0.4 is 20.1 Å². The van der Waals surface area contributed by atoms with Crippen LogP contribution in [0.3, 0.4) is 0 Å². The van der Waals surface area contributed by atoms with Crippen LogP contribution in [0.1, 0.15) is 0 Å². The summed E-state index contributed by atoms with van der Waals surface area (Å²) < 4.78 is 36.2. The number of aliphatic hydroxyl groups is 1. The molecule has 0 bridgehead atoms. The Balaban J connectivity index is 1.83. The smallest absolute Gasteiger partial charge is 0.282 e. The summed E-state index contributed by atoms with van der Waals surface area (Å²) in [4.78, 5) is 11.6. The van der Waals surface area contributed by atoms with E-state index < -0.39 is 25.0 Å². The molecule has 8 heteroatoms. The van der Waals surface area contributed by atoms with E-state index in [-0.39, 0.29) is 6.54 Å². The van der Waals surface area contributed by atoms with Gasteiger partial charge in [0.1, 0.15) is 19.8 Å². The van der Waals surface area contributed by atoms with Gasteiger partial charge in [-0.1, -0.05) is 0 Å². The van der Waals surface area contributed by atoms with E-state index in [1.165, 1.54) is 0 Å². The van der Waals surface area contributed by atoms with Gasteiger partial charge < -0.3 is 25.2 Å². The molecular formula is C13H16F2N2O4. The summed E-state index contributed by atoms with van der Waals surface area (Å²) in [6, 6.07) is 4.90. The summed E-state index contributed by atoms with van der Waals surface area (Å²) in [5.41, 5.74) is 0.486. The number of aliphatic hydroxyl groups excluding tert-OH is 1. The Hall–Kier alpha value is -1.93. The van der Waals surface area contributed by atoms with Crippen LogP contribution in [-0.2, 0) is 4.79 Å². The molecule has 1 aromatic carbocycles. The number of carbonyl (C=O) groups excluding carboxylic acids is 1. The second-order valence-corrected chi connectivity index (χ2v) is 4.52. The molecule has 0 unspecified atom stereocenters. The lowest BCUT2D eigenvalue weighted by Crippen LogP contribution is -2.39. The quantitative estimate of drug-likeness (QED) is 0.717. The standard InChI is InChI=1S/C13H16F2N2O4/c14-13(15,8-18)7-16-6-12(19)17-9-1-2-10-11(5-9)21-4-3-20-10/h1-2,5,16,18H,3-4,6-8H2,(H,17,19). The predicted molar refractivity (Wildman–Crippen MR) is 71.0 cm³/mol. The maximum atomic E-state index is 12.7. The van der Waals surface area contributed by atoms with Crippen molar-refractivity contribution < 1.29 is 28.2 Å². The van der Waals surface area contributed by atoms with E-state index in [2.05, 4.69) is 10.6 Å². The monoisotopic (exact) mass is 302 g/mol. The van der Waals surface area contributed by atoms with Crippen LogP contribution >= 0.6 is 0 Å². The molecule has 0 fully saturated rings. The van der Waals surface area contributed by atoms with Gasteiger partial charge in [0.2, 0.25) is 5.91 Å². The van der Waals surface area contributed by atoms with Crippen LogP contribution in [0, 0.1) is 0 Å². The topological polar surface area (TPSA) is 79.8 Å². The van der Waals surface area contributed by atoms with Gasteiger partial charge in [0.25, 0.3) is 5.92 Å². The fraction of sp³-hybridized carbons (Fsp3) is 0.462.